The highest BCUT2D eigenvalue weighted by atomic mass is 32.2. The molecule has 0 saturated heterocycles. The van der Waals surface area contributed by atoms with Crippen molar-refractivity contribution in [1.29, 1.82) is 0 Å². The largest absolute Gasteiger partial charge is 0.480 e. The number of nitrogens with zero attached hydrogens (tertiary/aromatic N) is 1. The van der Waals surface area contributed by atoms with Gasteiger partial charge in [-0.25, -0.2) is 9.52 Å². The molecular weight excluding hydrogens is 252 g/mol. The fourth-order valence-corrected chi connectivity index (χ4v) is 1.85. The van der Waals surface area contributed by atoms with Gasteiger partial charge in [0.2, 0.25) is 0 Å². The minimum absolute atomic E-state index is 0.00733. The van der Waals surface area contributed by atoms with Gasteiger partial charge < -0.3 is 9.84 Å². The van der Waals surface area contributed by atoms with E-state index in [9.17, 15) is 18.0 Å². The van der Waals surface area contributed by atoms with Gasteiger partial charge in [-0.2, -0.15) is 12.7 Å². The fourth-order valence-electron chi connectivity index (χ4n) is 0.769. The third-order valence-electron chi connectivity index (χ3n) is 2.16. The number of likely N-dealkylation sites (N-methyl/N-ethyl adjacent to an activating group) is 1. The number of ether oxygens (including phenoxy) is 1. The Bertz CT molecular complexity index is 402. The number of aliphatic carboxylic acids is 1. The topological polar surface area (TPSA) is 113 Å². The Kier molecular flexibility index (Phi) is 4.90. The molecule has 1 amide bonds. The third-order valence-corrected chi connectivity index (χ3v) is 3.76. The van der Waals surface area contributed by atoms with Crippen molar-refractivity contribution in [2.75, 3.05) is 13.7 Å². The molecule has 8 nitrogen and oxygen atoms in total. The SMILES string of the molecule is CCOC(=O)NS(=O)(=O)N(C)C(C)(C)C(=O)O. The zero-order valence-electron chi connectivity index (χ0n) is 10.1. The van der Waals surface area contributed by atoms with Crippen LogP contribution in [0.1, 0.15) is 20.8 Å². The molecule has 17 heavy (non-hydrogen) atoms. The quantitative estimate of drug-likeness (QED) is 0.712. The first-order chi connectivity index (χ1) is 7.55. The van der Waals surface area contributed by atoms with Crippen LogP contribution >= 0.6 is 0 Å². The van der Waals surface area contributed by atoms with Crippen LogP contribution in [0.3, 0.4) is 0 Å². The summed E-state index contributed by atoms with van der Waals surface area (Å²) < 4.78 is 29.8. The fraction of sp³-hybridized carbons (Fsp3) is 0.750. The van der Waals surface area contributed by atoms with Crippen molar-refractivity contribution in [2.45, 2.75) is 26.3 Å². The zero-order chi connectivity index (χ0) is 13.9. The second kappa shape index (κ2) is 5.32. The van der Waals surface area contributed by atoms with Gasteiger partial charge in [0, 0.05) is 7.05 Å². The summed E-state index contributed by atoms with van der Waals surface area (Å²) in [5, 5.41) is 8.86. The predicted molar refractivity (Wildman–Crippen MR) is 58.6 cm³/mol. The van der Waals surface area contributed by atoms with E-state index in [0.29, 0.717) is 4.31 Å². The number of hydrogen-bond acceptors (Lipinski definition) is 5. The van der Waals surface area contributed by atoms with Crippen LogP contribution in [0.2, 0.25) is 0 Å². The number of carbonyl (C=O) groups is 2. The zero-order valence-corrected chi connectivity index (χ0v) is 10.9. The maximum Gasteiger partial charge on any atom is 0.421 e. The molecule has 0 aliphatic carbocycles. The molecule has 100 valence electrons. The first kappa shape index (κ1) is 15.7. The molecule has 0 bridgehead atoms. The number of amides is 1. The van der Waals surface area contributed by atoms with Crippen LogP contribution in [0.25, 0.3) is 0 Å². The molecule has 0 radical (unpaired) electrons. The van der Waals surface area contributed by atoms with Gasteiger partial charge >= 0.3 is 22.3 Å². The Balaban J connectivity index is 4.96. The number of carbonyl (C=O) groups excluding carboxylic acids is 1. The van der Waals surface area contributed by atoms with Gasteiger partial charge in [0.15, 0.2) is 0 Å². The van der Waals surface area contributed by atoms with E-state index in [1.807, 2.05) is 0 Å². The number of carboxylic acids is 1. The minimum Gasteiger partial charge on any atom is -0.480 e. The van der Waals surface area contributed by atoms with E-state index in [1.165, 1.54) is 20.8 Å². The molecule has 0 fully saturated rings. The lowest BCUT2D eigenvalue weighted by molar-refractivity contribution is -0.145. The molecule has 0 saturated carbocycles. The Morgan fingerprint density at radius 3 is 2.24 bits per heavy atom. The molecule has 2 N–H and O–H groups in total. The lowest BCUT2D eigenvalue weighted by atomic mass is 10.1. The van der Waals surface area contributed by atoms with E-state index >= 15 is 0 Å². The number of hydrogen-bond donors (Lipinski definition) is 2. The van der Waals surface area contributed by atoms with E-state index < -0.39 is 27.8 Å². The van der Waals surface area contributed by atoms with Gasteiger partial charge in [-0.15, -0.1) is 0 Å². The van der Waals surface area contributed by atoms with Crippen molar-refractivity contribution in [1.82, 2.24) is 9.03 Å². The van der Waals surface area contributed by atoms with Crippen LogP contribution in [-0.4, -0.2) is 49.1 Å². The Morgan fingerprint density at radius 2 is 1.88 bits per heavy atom. The highest BCUT2D eigenvalue weighted by Gasteiger charge is 2.40. The van der Waals surface area contributed by atoms with E-state index in [0.717, 1.165) is 7.05 Å². The Labute approximate surface area is 99.7 Å². The summed E-state index contributed by atoms with van der Waals surface area (Å²) in [6.07, 6.45) is -1.15. The molecule has 0 aromatic rings. The van der Waals surface area contributed by atoms with E-state index in [2.05, 4.69) is 4.74 Å². The molecule has 0 unspecified atom stereocenters. The van der Waals surface area contributed by atoms with Crippen LogP contribution in [0.5, 0.6) is 0 Å². The van der Waals surface area contributed by atoms with Crippen molar-refractivity contribution < 1.29 is 27.9 Å². The van der Waals surface area contributed by atoms with Crippen molar-refractivity contribution in [3.8, 4) is 0 Å². The summed E-state index contributed by atoms with van der Waals surface area (Å²) in [6.45, 7) is 3.91. The third kappa shape index (κ3) is 3.86. The molecule has 0 aromatic carbocycles. The standard InChI is InChI=1S/C8H16N2O6S/c1-5-16-7(13)9-17(14,15)10(4)8(2,3)6(11)12/h5H2,1-4H3,(H,9,13)(H,11,12). The van der Waals surface area contributed by atoms with Crippen LogP contribution < -0.4 is 4.72 Å². The van der Waals surface area contributed by atoms with Crippen molar-refractivity contribution in [2.24, 2.45) is 0 Å². The van der Waals surface area contributed by atoms with Crippen LogP contribution in [0.15, 0.2) is 0 Å². The molecule has 9 heteroatoms. The smallest absolute Gasteiger partial charge is 0.421 e. The molecule has 0 aromatic heterocycles. The van der Waals surface area contributed by atoms with Crippen LogP contribution in [0, 0.1) is 0 Å². The normalized spacial score (nSPS) is 12.3. The number of carboxylic acid groups (broad SMARTS) is 1. The van der Waals surface area contributed by atoms with Gasteiger partial charge in [-0.1, -0.05) is 0 Å². The molecule has 0 atom stereocenters. The lowest BCUT2D eigenvalue weighted by Gasteiger charge is -2.29. The van der Waals surface area contributed by atoms with Gasteiger partial charge in [-0.05, 0) is 20.8 Å². The molecule has 0 heterocycles. The monoisotopic (exact) mass is 268 g/mol. The average Bonchev–Trinajstić information content (AvgIpc) is 2.15. The summed E-state index contributed by atoms with van der Waals surface area (Å²) in [6, 6.07) is 0. The first-order valence-electron chi connectivity index (χ1n) is 4.72. The summed E-state index contributed by atoms with van der Waals surface area (Å²) in [5.41, 5.74) is -1.68. The van der Waals surface area contributed by atoms with Gasteiger partial charge in [-0.3, -0.25) is 4.79 Å². The van der Waals surface area contributed by atoms with Crippen LogP contribution in [-0.2, 0) is 19.7 Å². The first-order valence-corrected chi connectivity index (χ1v) is 6.16. The molecule has 0 spiro atoms. The van der Waals surface area contributed by atoms with E-state index in [1.54, 1.807) is 4.72 Å². The highest BCUT2D eigenvalue weighted by Crippen LogP contribution is 2.15. The van der Waals surface area contributed by atoms with Crippen LogP contribution in [0.4, 0.5) is 4.79 Å². The van der Waals surface area contributed by atoms with Gasteiger partial charge in [0.25, 0.3) is 0 Å². The Hall–Kier alpha value is -1.35. The molecule has 0 aliphatic rings. The Morgan fingerprint density at radius 1 is 1.41 bits per heavy atom. The predicted octanol–water partition coefficient (Wildman–Crippen LogP) is -0.228. The summed E-state index contributed by atoms with van der Waals surface area (Å²) in [7, 11) is -3.21. The highest BCUT2D eigenvalue weighted by molar-refractivity contribution is 7.87. The second-order valence-corrected chi connectivity index (χ2v) is 5.36. The minimum atomic E-state index is -4.26. The lowest BCUT2D eigenvalue weighted by Crippen LogP contribution is -2.55. The number of rotatable bonds is 5. The van der Waals surface area contributed by atoms with Crippen molar-refractivity contribution in [3.63, 3.8) is 0 Å². The summed E-state index contributed by atoms with van der Waals surface area (Å²) in [4.78, 5) is 21.8. The summed E-state index contributed by atoms with van der Waals surface area (Å²) >= 11 is 0. The molecule has 0 aliphatic heterocycles. The molecule has 0 rings (SSSR count). The maximum absolute atomic E-state index is 11.6. The number of nitrogens with one attached hydrogen (secondary N) is 1. The maximum atomic E-state index is 11.6. The summed E-state index contributed by atoms with van der Waals surface area (Å²) in [5.74, 6) is -1.34. The molecular formula is C8H16N2O6S. The van der Waals surface area contributed by atoms with Gasteiger partial charge in [0.05, 0.1) is 6.61 Å². The second-order valence-electron chi connectivity index (χ2n) is 3.66. The van der Waals surface area contributed by atoms with E-state index in [4.69, 9.17) is 5.11 Å². The van der Waals surface area contributed by atoms with E-state index in [-0.39, 0.29) is 6.61 Å². The van der Waals surface area contributed by atoms with Crippen molar-refractivity contribution >= 4 is 22.3 Å². The van der Waals surface area contributed by atoms with Crippen molar-refractivity contribution in [3.05, 3.63) is 0 Å². The van der Waals surface area contributed by atoms with Gasteiger partial charge in [0.1, 0.15) is 5.54 Å². The average molecular weight is 268 g/mol.